The number of hydrogen-bond donors (Lipinski definition) is 0. The number of carbonyl (C=O) groups excluding carboxylic acids is 1. The van der Waals surface area contributed by atoms with Crippen LogP contribution >= 0.6 is 0 Å². The SMILES string of the molecule is COc1ccc(-c2ccc3cc(C(=O)[O-])ccc3c2)cc1C1(C)CCCCC1.[Na+]. The van der Waals surface area contributed by atoms with Crippen LogP contribution in [0.25, 0.3) is 21.9 Å². The molecule has 1 aliphatic rings. The number of aromatic carboxylic acids is 1. The second-order valence-corrected chi connectivity index (χ2v) is 8.10. The summed E-state index contributed by atoms with van der Waals surface area (Å²) in [7, 11) is 1.75. The van der Waals surface area contributed by atoms with Crippen molar-refractivity contribution in [2.75, 3.05) is 7.11 Å². The zero-order valence-corrected chi connectivity index (χ0v) is 19.5. The molecule has 0 N–H and O–H groups in total. The minimum atomic E-state index is -1.15. The average Bonchev–Trinajstić information content (AvgIpc) is 2.73. The Hall–Kier alpha value is -1.81. The first-order chi connectivity index (χ1) is 13.5. The summed E-state index contributed by atoms with van der Waals surface area (Å²) < 4.78 is 5.70. The molecule has 0 aliphatic heterocycles. The van der Waals surface area contributed by atoms with Crippen LogP contribution in [0.1, 0.15) is 54.9 Å². The summed E-state index contributed by atoms with van der Waals surface area (Å²) in [6.07, 6.45) is 6.23. The second kappa shape index (κ2) is 8.91. The van der Waals surface area contributed by atoms with Crippen LogP contribution in [-0.4, -0.2) is 13.1 Å². The predicted octanol–water partition coefficient (Wildman–Crippen LogP) is 2.10. The van der Waals surface area contributed by atoms with Gasteiger partial charge in [0.2, 0.25) is 0 Å². The average molecular weight is 396 g/mol. The van der Waals surface area contributed by atoms with Gasteiger partial charge in [0.1, 0.15) is 5.75 Å². The Labute approximate surface area is 194 Å². The van der Waals surface area contributed by atoms with Crippen LogP contribution in [-0.2, 0) is 5.41 Å². The molecule has 1 aliphatic carbocycles. The molecule has 0 saturated heterocycles. The Kier molecular flexibility index (Phi) is 6.72. The van der Waals surface area contributed by atoms with Crippen LogP contribution in [0.5, 0.6) is 5.75 Å². The molecule has 0 amide bonds. The molecule has 3 aromatic rings. The van der Waals surface area contributed by atoms with E-state index in [0.717, 1.165) is 27.6 Å². The third-order valence-corrected chi connectivity index (χ3v) is 6.22. The van der Waals surface area contributed by atoms with Crippen molar-refractivity contribution >= 4 is 16.7 Å². The van der Waals surface area contributed by atoms with Crippen molar-refractivity contribution in [2.24, 2.45) is 0 Å². The molecular weight excluding hydrogens is 371 g/mol. The van der Waals surface area contributed by atoms with E-state index in [1.807, 2.05) is 12.1 Å². The Balaban J connectivity index is 0.00000240. The van der Waals surface area contributed by atoms with Gasteiger partial charge in [-0.1, -0.05) is 56.5 Å². The van der Waals surface area contributed by atoms with Crippen LogP contribution in [0.4, 0.5) is 0 Å². The Morgan fingerprint density at radius 3 is 2.21 bits per heavy atom. The molecule has 0 heterocycles. The first-order valence-corrected chi connectivity index (χ1v) is 9.94. The summed E-state index contributed by atoms with van der Waals surface area (Å²) in [5, 5.41) is 13.0. The normalized spacial score (nSPS) is 15.5. The number of carbonyl (C=O) groups is 1. The van der Waals surface area contributed by atoms with Gasteiger partial charge in [0, 0.05) is 5.56 Å². The molecule has 0 bridgehead atoms. The largest absolute Gasteiger partial charge is 1.00 e. The first kappa shape index (κ1) is 21.9. The van der Waals surface area contributed by atoms with E-state index in [9.17, 15) is 9.90 Å². The summed E-state index contributed by atoms with van der Waals surface area (Å²) in [6, 6.07) is 17.7. The zero-order valence-electron chi connectivity index (χ0n) is 17.5. The summed E-state index contributed by atoms with van der Waals surface area (Å²) >= 11 is 0. The zero-order chi connectivity index (χ0) is 19.7. The van der Waals surface area contributed by atoms with Gasteiger partial charge in [0.25, 0.3) is 0 Å². The fourth-order valence-electron chi connectivity index (χ4n) is 4.51. The van der Waals surface area contributed by atoms with Gasteiger partial charge in [-0.3, -0.25) is 0 Å². The van der Waals surface area contributed by atoms with Gasteiger partial charge in [0.15, 0.2) is 0 Å². The molecule has 144 valence electrons. The van der Waals surface area contributed by atoms with Crippen LogP contribution < -0.4 is 39.4 Å². The van der Waals surface area contributed by atoms with Crippen LogP contribution in [0.3, 0.4) is 0 Å². The van der Waals surface area contributed by atoms with E-state index in [4.69, 9.17) is 4.74 Å². The molecule has 0 spiro atoms. The van der Waals surface area contributed by atoms with Crippen LogP contribution in [0.2, 0.25) is 0 Å². The molecule has 4 rings (SSSR count). The Morgan fingerprint density at radius 2 is 1.52 bits per heavy atom. The molecule has 0 unspecified atom stereocenters. The van der Waals surface area contributed by atoms with E-state index in [-0.39, 0.29) is 40.5 Å². The van der Waals surface area contributed by atoms with Crippen molar-refractivity contribution in [3.8, 4) is 16.9 Å². The minimum Gasteiger partial charge on any atom is -0.545 e. The predicted molar refractivity (Wildman–Crippen MR) is 111 cm³/mol. The molecule has 3 aromatic carbocycles. The number of ether oxygens (including phenoxy) is 1. The topological polar surface area (TPSA) is 49.4 Å². The van der Waals surface area contributed by atoms with Crippen molar-refractivity contribution in [1.29, 1.82) is 0 Å². The van der Waals surface area contributed by atoms with E-state index >= 15 is 0 Å². The molecule has 3 nitrogen and oxygen atoms in total. The van der Waals surface area contributed by atoms with Crippen molar-refractivity contribution in [1.82, 2.24) is 0 Å². The molecule has 1 fully saturated rings. The van der Waals surface area contributed by atoms with E-state index in [0.29, 0.717) is 0 Å². The fraction of sp³-hybridized carbons (Fsp3) is 0.320. The summed E-state index contributed by atoms with van der Waals surface area (Å²) in [4.78, 5) is 11.1. The first-order valence-electron chi connectivity index (χ1n) is 9.94. The van der Waals surface area contributed by atoms with E-state index in [1.54, 1.807) is 19.2 Å². The molecule has 0 radical (unpaired) electrons. The number of carboxylic acids is 1. The van der Waals surface area contributed by atoms with Gasteiger partial charge in [-0.25, -0.2) is 0 Å². The van der Waals surface area contributed by atoms with Gasteiger partial charge in [-0.15, -0.1) is 0 Å². The molecule has 0 aromatic heterocycles. The summed E-state index contributed by atoms with van der Waals surface area (Å²) in [5.74, 6) is -0.181. The number of benzene rings is 3. The second-order valence-electron chi connectivity index (χ2n) is 8.10. The number of fused-ring (bicyclic) bond motifs is 1. The maximum atomic E-state index is 11.1. The number of rotatable bonds is 4. The molecule has 29 heavy (non-hydrogen) atoms. The van der Waals surface area contributed by atoms with Gasteiger partial charge in [-0.2, -0.15) is 0 Å². The molecule has 1 saturated carbocycles. The van der Waals surface area contributed by atoms with E-state index in [1.165, 1.54) is 37.7 Å². The molecule has 4 heteroatoms. The van der Waals surface area contributed by atoms with Crippen molar-refractivity contribution < 1.29 is 44.2 Å². The number of hydrogen-bond acceptors (Lipinski definition) is 3. The Bertz CT molecular complexity index is 1040. The van der Waals surface area contributed by atoms with Crippen LogP contribution in [0.15, 0.2) is 54.6 Å². The number of carboxylic acid groups (broad SMARTS) is 1. The van der Waals surface area contributed by atoms with Crippen molar-refractivity contribution in [3.63, 3.8) is 0 Å². The quantitative estimate of drug-likeness (QED) is 0.635. The van der Waals surface area contributed by atoms with Gasteiger partial charge >= 0.3 is 29.6 Å². The van der Waals surface area contributed by atoms with Crippen LogP contribution in [0, 0.1) is 0 Å². The van der Waals surface area contributed by atoms with Crippen molar-refractivity contribution in [2.45, 2.75) is 44.4 Å². The molecular formula is C25H25NaO3. The third-order valence-electron chi connectivity index (χ3n) is 6.22. The van der Waals surface area contributed by atoms with E-state index in [2.05, 4.69) is 37.3 Å². The van der Waals surface area contributed by atoms with Crippen molar-refractivity contribution in [3.05, 3.63) is 65.7 Å². The maximum absolute atomic E-state index is 11.1. The fourth-order valence-corrected chi connectivity index (χ4v) is 4.51. The summed E-state index contributed by atoms with van der Waals surface area (Å²) in [5.41, 5.74) is 3.93. The third kappa shape index (κ3) is 4.37. The molecule has 0 atom stereocenters. The Morgan fingerprint density at radius 1 is 0.897 bits per heavy atom. The smallest absolute Gasteiger partial charge is 0.545 e. The van der Waals surface area contributed by atoms with Gasteiger partial charge in [-0.05, 0) is 70.0 Å². The number of methoxy groups -OCH3 is 1. The standard InChI is InChI=1S/C25H26O3.Na/c1-25(12-4-3-5-13-25)22-16-20(10-11-23(22)28-2)18-6-7-19-15-21(24(26)27)9-8-17(19)14-18;/h6-11,14-16H,3-5,12-13H2,1-2H3,(H,26,27);/q;+1/p-1. The minimum absolute atomic E-state index is 0. The summed E-state index contributed by atoms with van der Waals surface area (Å²) in [6.45, 7) is 2.36. The van der Waals surface area contributed by atoms with Gasteiger partial charge in [0.05, 0.1) is 13.1 Å². The van der Waals surface area contributed by atoms with E-state index < -0.39 is 5.97 Å². The maximum Gasteiger partial charge on any atom is 1.00 e. The monoisotopic (exact) mass is 396 g/mol. The van der Waals surface area contributed by atoms with Gasteiger partial charge < -0.3 is 14.6 Å².